The number of rotatable bonds is 2. The van der Waals surface area contributed by atoms with Crippen LogP contribution >= 0.6 is 11.6 Å². The third-order valence-corrected chi connectivity index (χ3v) is 3.48. The topological polar surface area (TPSA) is 37.4 Å². The highest BCUT2D eigenvalue weighted by molar-refractivity contribution is 6.33. The zero-order valence-corrected chi connectivity index (χ0v) is 11.5. The molecule has 0 aromatic heterocycles. The van der Waals surface area contributed by atoms with E-state index in [0.29, 0.717) is 5.56 Å². The molecular weight excluding hydrogens is 250 g/mol. The molecule has 2 unspecified atom stereocenters. The molecule has 96 valence electrons. The second-order valence-electron chi connectivity index (χ2n) is 4.77. The van der Waals surface area contributed by atoms with Crippen LogP contribution in [0.3, 0.4) is 0 Å². The van der Waals surface area contributed by atoms with Gasteiger partial charge >= 0.3 is 0 Å². The number of fused-ring (bicyclic) bond motifs is 1. The number of hydrogen-bond acceptors (Lipinski definition) is 2. The first-order valence-electron chi connectivity index (χ1n) is 6.03. The normalized spacial score (nSPS) is 19.6. The summed E-state index contributed by atoms with van der Waals surface area (Å²) in [7, 11) is 0. The smallest absolute Gasteiger partial charge is 0.224 e. The largest absolute Gasteiger partial charge is 0.309 e. The van der Waals surface area contributed by atoms with Crippen LogP contribution in [0.2, 0.25) is 0 Å². The molecule has 3 nitrogen and oxygen atoms in total. The summed E-state index contributed by atoms with van der Waals surface area (Å²) in [4.78, 5) is 25.2. The molecule has 0 fully saturated rings. The standard InChI is InChI=1S/C14H16ClNO2/c1-8-6-12-7-11(14(18)9(2)15)4-5-13(12)16(8)10(3)17/h4-5,7-9H,6H2,1-3H3. The Labute approximate surface area is 112 Å². The fourth-order valence-electron chi connectivity index (χ4n) is 2.49. The number of amides is 1. The van der Waals surface area contributed by atoms with Gasteiger partial charge in [-0.3, -0.25) is 9.59 Å². The van der Waals surface area contributed by atoms with Gasteiger partial charge in [0.15, 0.2) is 5.78 Å². The van der Waals surface area contributed by atoms with Gasteiger partial charge in [0.1, 0.15) is 0 Å². The van der Waals surface area contributed by atoms with Crippen molar-refractivity contribution in [2.24, 2.45) is 0 Å². The van der Waals surface area contributed by atoms with Crippen LogP contribution < -0.4 is 4.90 Å². The van der Waals surface area contributed by atoms with Gasteiger partial charge in [0.05, 0.1) is 5.38 Å². The van der Waals surface area contributed by atoms with E-state index in [1.165, 1.54) is 0 Å². The lowest BCUT2D eigenvalue weighted by molar-refractivity contribution is -0.116. The van der Waals surface area contributed by atoms with E-state index in [2.05, 4.69) is 0 Å². The second-order valence-corrected chi connectivity index (χ2v) is 5.42. The Morgan fingerprint density at radius 1 is 1.44 bits per heavy atom. The molecule has 2 rings (SSSR count). The van der Waals surface area contributed by atoms with Crippen molar-refractivity contribution in [3.8, 4) is 0 Å². The fourth-order valence-corrected chi connectivity index (χ4v) is 2.62. The van der Waals surface area contributed by atoms with E-state index in [4.69, 9.17) is 11.6 Å². The van der Waals surface area contributed by atoms with Crippen LogP contribution in [0.4, 0.5) is 5.69 Å². The molecule has 1 aliphatic rings. The van der Waals surface area contributed by atoms with Gasteiger partial charge in [-0.2, -0.15) is 0 Å². The molecule has 4 heteroatoms. The first-order chi connectivity index (χ1) is 8.41. The molecule has 1 aromatic rings. The Bertz CT molecular complexity index is 511. The molecule has 0 aliphatic carbocycles. The van der Waals surface area contributed by atoms with Crippen molar-refractivity contribution >= 4 is 29.0 Å². The Morgan fingerprint density at radius 3 is 2.67 bits per heavy atom. The van der Waals surface area contributed by atoms with Gasteiger partial charge in [-0.25, -0.2) is 0 Å². The molecule has 1 amide bonds. The van der Waals surface area contributed by atoms with Gasteiger partial charge in [-0.1, -0.05) is 0 Å². The first kappa shape index (κ1) is 13.1. The van der Waals surface area contributed by atoms with Gasteiger partial charge in [0.25, 0.3) is 0 Å². The van der Waals surface area contributed by atoms with Crippen molar-refractivity contribution in [3.05, 3.63) is 29.3 Å². The molecule has 0 spiro atoms. The minimum absolute atomic E-state index is 0.0334. The summed E-state index contributed by atoms with van der Waals surface area (Å²) in [6.45, 7) is 5.24. The molecule has 1 heterocycles. The van der Waals surface area contributed by atoms with Crippen LogP contribution in [-0.4, -0.2) is 23.1 Å². The third kappa shape index (κ3) is 2.15. The number of ketones is 1. The molecule has 18 heavy (non-hydrogen) atoms. The number of benzene rings is 1. The lowest BCUT2D eigenvalue weighted by Crippen LogP contribution is -2.33. The molecule has 0 saturated heterocycles. The van der Waals surface area contributed by atoms with E-state index in [-0.39, 0.29) is 17.7 Å². The number of Topliss-reactive ketones (excluding diaryl/α,β-unsaturated/α-hetero) is 1. The summed E-state index contributed by atoms with van der Waals surface area (Å²) in [5.41, 5.74) is 2.57. The van der Waals surface area contributed by atoms with E-state index in [9.17, 15) is 9.59 Å². The number of hydrogen-bond donors (Lipinski definition) is 0. The lowest BCUT2D eigenvalue weighted by Gasteiger charge is -2.20. The Balaban J connectivity index is 2.39. The van der Waals surface area contributed by atoms with E-state index >= 15 is 0 Å². The summed E-state index contributed by atoms with van der Waals surface area (Å²) in [5, 5.41) is -0.522. The molecule has 2 atom stereocenters. The number of carbonyl (C=O) groups is 2. The average molecular weight is 266 g/mol. The van der Waals surface area contributed by atoms with Crippen molar-refractivity contribution in [1.82, 2.24) is 0 Å². The molecule has 0 bridgehead atoms. The SMILES string of the molecule is CC(=O)N1c2ccc(C(=O)C(C)Cl)cc2CC1C. The van der Waals surface area contributed by atoms with Crippen molar-refractivity contribution in [3.63, 3.8) is 0 Å². The number of halogens is 1. The minimum atomic E-state index is -0.522. The highest BCUT2D eigenvalue weighted by Crippen LogP contribution is 2.33. The Hall–Kier alpha value is -1.35. The lowest BCUT2D eigenvalue weighted by atomic mass is 10.0. The zero-order chi connectivity index (χ0) is 13.4. The summed E-state index contributed by atoms with van der Waals surface area (Å²) >= 11 is 5.81. The Morgan fingerprint density at radius 2 is 2.11 bits per heavy atom. The van der Waals surface area contributed by atoms with Crippen molar-refractivity contribution in [1.29, 1.82) is 0 Å². The van der Waals surface area contributed by atoms with Crippen molar-refractivity contribution in [2.75, 3.05) is 4.90 Å². The van der Waals surface area contributed by atoms with Crippen LogP contribution in [0.5, 0.6) is 0 Å². The predicted octanol–water partition coefficient (Wildman–Crippen LogP) is 2.79. The van der Waals surface area contributed by atoms with Gasteiger partial charge < -0.3 is 4.90 Å². The Kier molecular flexibility index (Phi) is 3.44. The number of alkyl halides is 1. The summed E-state index contributed by atoms with van der Waals surface area (Å²) in [5.74, 6) is -0.0422. The molecule has 0 radical (unpaired) electrons. The molecule has 1 aliphatic heterocycles. The summed E-state index contributed by atoms with van der Waals surface area (Å²) in [6.07, 6.45) is 0.784. The zero-order valence-electron chi connectivity index (χ0n) is 10.7. The quantitative estimate of drug-likeness (QED) is 0.609. The van der Waals surface area contributed by atoms with E-state index in [1.54, 1.807) is 24.8 Å². The predicted molar refractivity (Wildman–Crippen MR) is 72.4 cm³/mol. The van der Waals surface area contributed by atoms with Crippen LogP contribution in [0.15, 0.2) is 18.2 Å². The molecular formula is C14H16ClNO2. The van der Waals surface area contributed by atoms with E-state index in [1.807, 2.05) is 19.1 Å². The second kappa shape index (κ2) is 4.73. The maximum Gasteiger partial charge on any atom is 0.224 e. The van der Waals surface area contributed by atoms with Gasteiger partial charge in [-0.05, 0) is 44.0 Å². The summed E-state index contributed by atoms with van der Waals surface area (Å²) < 4.78 is 0. The van der Waals surface area contributed by atoms with Crippen molar-refractivity contribution < 1.29 is 9.59 Å². The minimum Gasteiger partial charge on any atom is -0.309 e. The van der Waals surface area contributed by atoms with Gasteiger partial charge in [0, 0.05) is 24.2 Å². The van der Waals surface area contributed by atoms with Crippen molar-refractivity contribution in [2.45, 2.75) is 38.6 Å². The van der Waals surface area contributed by atoms with Crippen LogP contribution in [0, 0.1) is 0 Å². The maximum atomic E-state index is 11.8. The maximum absolute atomic E-state index is 11.8. The molecule has 1 aromatic carbocycles. The summed E-state index contributed by atoms with van der Waals surface area (Å²) in [6, 6.07) is 5.59. The van der Waals surface area contributed by atoms with Crippen LogP contribution in [-0.2, 0) is 11.2 Å². The number of carbonyl (C=O) groups excluding carboxylic acids is 2. The van der Waals surface area contributed by atoms with Crippen LogP contribution in [0.25, 0.3) is 0 Å². The van der Waals surface area contributed by atoms with E-state index in [0.717, 1.165) is 17.7 Å². The highest BCUT2D eigenvalue weighted by atomic mass is 35.5. The fraction of sp³-hybridized carbons (Fsp3) is 0.429. The van der Waals surface area contributed by atoms with Crippen LogP contribution in [0.1, 0.15) is 36.7 Å². The van der Waals surface area contributed by atoms with Gasteiger partial charge in [-0.15, -0.1) is 11.6 Å². The van der Waals surface area contributed by atoms with E-state index < -0.39 is 5.38 Å². The average Bonchev–Trinajstić information content (AvgIpc) is 2.62. The number of anilines is 1. The van der Waals surface area contributed by atoms with Gasteiger partial charge in [0.2, 0.25) is 5.91 Å². The number of nitrogens with zero attached hydrogens (tertiary/aromatic N) is 1. The monoisotopic (exact) mass is 265 g/mol. The molecule has 0 N–H and O–H groups in total. The first-order valence-corrected chi connectivity index (χ1v) is 6.46. The third-order valence-electron chi connectivity index (χ3n) is 3.28. The highest BCUT2D eigenvalue weighted by Gasteiger charge is 2.29. The molecule has 0 saturated carbocycles.